The number of aryl methyl sites for hydroxylation is 1. The molecular formula is C20H19NO3. The second kappa shape index (κ2) is 7.15. The zero-order valence-corrected chi connectivity index (χ0v) is 13.4. The molecule has 0 radical (unpaired) electrons. The first kappa shape index (κ1) is 16.0. The number of pyridine rings is 1. The molecule has 122 valence electrons. The molecule has 0 saturated heterocycles. The van der Waals surface area contributed by atoms with E-state index in [-0.39, 0.29) is 23.9 Å². The molecule has 3 rings (SSSR count). The van der Waals surface area contributed by atoms with Gasteiger partial charge in [-0.3, -0.25) is 4.79 Å². The predicted octanol–water partition coefficient (Wildman–Crippen LogP) is 3.05. The van der Waals surface area contributed by atoms with Crippen LogP contribution >= 0.6 is 0 Å². The van der Waals surface area contributed by atoms with E-state index in [9.17, 15) is 9.90 Å². The Kier molecular flexibility index (Phi) is 4.77. The Morgan fingerprint density at radius 1 is 1.00 bits per heavy atom. The molecule has 1 N–H and O–H groups in total. The average molecular weight is 321 g/mol. The van der Waals surface area contributed by atoms with Gasteiger partial charge in [0.15, 0.2) is 5.75 Å². The summed E-state index contributed by atoms with van der Waals surface area (Å²) in [7, 11) is 1.78. The van der Waals surface area contributed by atoms with E-state index in [0.29, 0.717) is 5.69 Å². The number of rotatable bonds is 5. The minimum atomic E-state index is -0.375. The highest BCUT2D eigenvalue weighted by atomic mass is 16.5. The molecule has 4 heteroatoms. The van der Waals surface area contributed by atoms with Gasteiger partial charge in [-0.05, 0) is 11.1 Å². The molecule has 0 saturated carbocycles. The molecule has 3 aromatic rings. The van der Waals surface area contributed by atoms with Crippen molar-refractivity contribution in [3.8, 4) is 5.75 Å². The summed E-state index contributed by atoms with van der Waals surface area (Å²) in [6.45, 7) is -0.188. The average Bonchev–Trinajstić information content (AvgIpc) is 2.63. The Morgan fingerprint density at radius 2 is 1.54 bits per heavy atom. The second-order valence-electron chi connectivity index (χ2n) is 5.58. The maximum atomic E-state index is 12.3. The lowest BCUT2D eigenvalue weighted by Crippen LogP contribution is -2.17. The maximum absolute atomic E-state index is 12.3. The van der Waals surface area contributed by atoms with Crippen LogP contribution in [0.15, 0.2) is 77.7 Å². The molecule has 1 heterocycles. The van der Waals surface area contributed by atoms with Crippen molar-refractivity contribution in [1.82, 2.24) is 4.57 Å². The predicted molar refractivity (Wildman–Crippen MR) is 93.0 cm³/mol. The SMILES string of the molecule is Cn1cc(OC(c2ccccc2)c2ccccc2)c(=O)cc1CO. The molecule has 0 atom stereocenters. The lowest BCUT2D eigenvalue weighted by molar-refractivity contribution is 0.240. The van der Waals surface area contributed by atoms with Gasteiger partial charge in [-0.2, -0.15) is 0 Å². The summed E-state index contributed by atoms with van der Waals surface area (Å²) in [5.74, 6) is 0.257. The topological polar surface area (TPSA) is 51.5 Å². The number of aliphatic hydroxyl groups excluding tert-OH is 1. The first-order valence-corrected chi connectivity index (χ1v) is 7.76. The quantitative estimate of drug-likeness (QED) is 0.786. The van der Waals surface area contributed by atoms with Crippen molar-refractivity contribution < 1.29 is 9.84 Å². The van der Waals surface area contributed by atoms with Crippen LogP contribution < -0.4 is 10.2 Å². The van der Waals surface area contributed by atoms with Gasteiger partial charge >= 0.3 is 0 Å². The molecule has 0 amide bonds. The first-order valence-electron chi connectivity index (χ1n) is 7.76. The van der Waals surface area contributed by atoms with Gasteiger partial charge < -0.3 is 14.4 Å². The Hall–Kier alpha value is -2.85. The van der Waals surface area contributed by atoms with Crippen LogP contribution in [0.1, 0.15) is 22.9 Å². The Bertz CT molecular complexity index is 818. The van der Waals surface area contributed by atoms with Crippen LogP contribution in [-0.4, -0.2) is 9.67 Å². The van der Waals surface area contributed by atoms with Crippen molar-refractivity contribution in [3.05, 3.63) is 100.0 Å². The smallest absolute Gasteiger partial charge is 0.223 e. The largest absolute Gasteiger partial charge is 0.475 e. The van der Waals surface area contributed by atoms with Gasteiger partial charge in [0, 0.05) is 18.8 Å². The van der Waals surface area contributed by atoms with Crippen LogP contribution in [0, 0.1) is 0 Å². The van der Waals surface area contributed by atoms with Gasteiger partial charge in [-0.15, -0.1) is 0 Å². The molecule has 4 nitrogen and oxygen atoms in total. The van der Waals surface area contributed by atoms with Crippen molar-refractivity contribution in [1.29, 1.82) is 0 Å². The Balaban J connectivity index is 2.02. The number of hydrogen-bond acceptors (Lipinski definition) is 3. The number of hydrogen-bond donors (Lipinski definition) is 1. The van der Waals surface area contributed by atoms with Crippen LogP contribution in [0.3, 0.4) is 0 Å². The van der Waals surface area contributed by atoms with E-state index >= 15 is 0 Å². The van der Waals surface area contributed by atoms with E-state index in [1.165, 1.54) is 6.07 Å². The lowest BCUT2D eigenvalue weighted by Gasteiger charge is -2.20. The molecule has 0 unspecified atom stereocenters. The van der Waals surface area contributed by atoms with Crippen molar-refractivity contribution in [2.75, 3.05) is 0 Å². The molecule has 0 aliphatic rings. The zero-order valence-electron chi connectivity index (χ0n) is 13.4. The summed E-state index contributed by atoms with van der Waals surface area (Å²) in [6, 6.07) is 21.0. The molecule has 0 fully saturated rings. The number of ether oxygens (including phenoxy) is 1. The lowest BCUT2D eigenvalue weighted by atomic mass is 10.0. The van der Waals surface area contributed by atoms with Gasteiger partial charge in [0.05, 0.1) is 12.8 Å². The first-order chi connectivity index (χ1) is 11.7. The number of aliphatic hydroxyl groups is 1. The summed E-state index contributed by atoms with van der Waals surface area (Å²) in [4.78, 5) is 12.3. The van der Waals surface area contributed by atoms with Gasteiger partial charge in [-0.1, -0.05) is 60.7 Å². The number of aromatic nitrogens is 1. The Labute approximate surface area is 140 Å². The fourth-order valence-corrected chi connectivity index (χ4v) is 2.60. The minimum Gasteiger partial charge on any atom is -0.475 e. The van der Waals surface area contributed by atoms with Crippen molar-refractivity contribution in [2.45, 2.75) is 12.7 Å². The molecule has 2 aromatic carbocycles. The monoisotopic (exact) mass is 321 g/mol. The number of nitrogens with zero attached hydrogens (tertiary/aromatic N) is 1. The highest BCUT2D eigenvalue weighted by Gasteiger charge is 2.17. The van der Waals surface area contributed by atoms with Gasteiger partial charge in [0.1, 0.15) is 6.10 Å². The van der Waals surface area contributed by atoms with Crippen molar-refractivity contribution >= 4 is 0 Å². The summed E-state index contributed by atoms with van der Waals surface area (Å²) in [6.07, 6.45) is 1.24. The number of benzene rings is 2. The highest BCUT2D eigenvalue weighted by molar-refractivity contribution is 5.32. The van der Waals surface area contributed by atoms with Crippen LogP contribution in [0.4, 0.5) is 0 Å². The second-order valence-corrected chi connectivity index (χ2v) is 5.58. The molecule has 1 aromatic heterocycles. The van der Waals surface area contributed by atoms with E-state index in [4.69, 9.17) is 4.74 Å². The molecule has 24 heavy (non-hydrogen) atoms. The maximum Gasteiger partial charge on any atom is 0.223 e. The minimum absolute atomic E-state index is 0.188. The zero-order chi connectivity index (χ0) is 16.9. The van der Waals surface area contributed by atoms with Gasteiger partial charge in [-0.25, -0.2) is 0 Å². The standard InChI is InChI=1S/C20H19NO3/c1-21-13-19(18(23)12-17(21)14-22)24-20(15-8-4-2-5-9-15)16-10-6-3-7-11-16/h2-13,20,22H,14H2,1H3. The summed E-state index contributed by atoms with van der Waals surface area (Å²) < 4.78 is 7.78. The fraction of sp³-hybridized carbons (Fsp3) is 0.150. The highest BCUT2D eigenvalue weighted by Crippen LogP contribution is 2.26. The summed E-state index contributed by atoms with van der Waals surface area (Å²) in [5.41, 5.74) is 2.24. The molecule has 0 spiro atoms. The van der Waals surface area contributed by atoms with Gasteiger partial charge in [0.2, 0.25) is 5.43 Å². The molecule has 0 bridgehead atoms. The van der Waals surface area contributed by atoms with Crippen LogP contribution in [-0.2, 0) is 13.7 Å². The third-order valence-electron chi connectivity index (χ3n) is 3.92. The Morgan fingerprint density at radius 3 is 2.04 bits per heavy atom. The van der Waals surface area contributed by atoms with E-state index in [1.54, 1.807) is 17.8 Å². The fourth-order valence-electron chi connectivity index (χ4n) is 2.60. The summed E-state index contributed by atoms with van der Waals surface area (Å²) in [5, 5.41) is 9.27. The summed E-state index contributed by atoms with van der Waals surface area (Å²) >= 11 is 0. The van der Waals surface area contributed by atoms with Gasteiger partial charge in [0.25, 0.3) is 0 Å². The van der Waals surface area contributed by atoms with Crippen LogP contribution in [0.2, 0.25) is 0 Å². The molecular weight excluding hydrogens is 302 g/mol. The molecule has 0 aliphatic heterocycles. The van der Waals surface area contributed by atoms with E-state index in [1.807, 2.05) is 60.7 Å². The third-order valence-corrected chi connectivity index (χ3v) is 3.92. The third kappa shape index (κ3) is 3.39. The normalized spacial score (nSPS) is 10.8. The van der Waals surface area contributed by atoms with Crippen molar-refractivity contribution in [2.24, 2.45) is 7.05 Å². The van der Waals surface area contributed by atoms with Crippen LogP contribution in [0.5, 0.6) is 5.75 Å². The van der Waals surface area contributed by atoms with E-state index < -0.39 is 0 Å². The van der Waals surface area contributed by atoms with Crippen LogP contribution in [0.25, 0.3) is 0 Å². The van der Waals surface area contributed by atoms with E-state index in [2.05, 4.69) is 0 Å². The van der Waals surface area contributed by atoms with E-state index in [0.717, 1.165) is 11.1 Å². The van der Waals surface area contributed by atoms with Crippen molar-refractivity contribution in [3.63, 3.8) is 0 Å². The molecule has 0 aliphatic carbocycles.